The number of halogens is 1. The molecule has 90 valence electrons. The Hall–Kier alpha value is -2.48. The standard InChI is InChI=1S/C13H11FN4/c1-2-16-13-12(17-5-6-18-13)9-3-4-11(14)10(7-9)8-15/h3-7H,2H2,1H3,(H,16,18). The number of rotatable bonds is 3. The molecular weight excluding hydrogens is 231 g/mol. The lowest BCUT2D eigenvalue weighted by Crippen LogP contribution is -2.02. The quantitative estimate of drug-likeness (QED) is 0.898. The SMILES string of the molecule is CCNc1nccnc1-c1ccc(F)c(C#N)c1. The van der Waals surface area contributed by atoms with E-state index in [9.17, 15) is 4.39 Å². The number of nitrogens with zero attached hydrogens (tertiary/aromatic N) is 3. The van der Waals surface area contributed by atoms with Gasteiger partial charge in [-0.05, 0) is 25.1 Å². The van der Waals surface area contributed by atoms with Crippen LogP contribution in [0.3, 0.4) is 0 Å². The minimum absolute atomic E-state index is 0.000557. The highest BCUT2D eigenvalue weighted by Crippen LogP contribution is 2.25. The summed E-state index contributed by atoms with van der Waals surface area (Å²) >= 11 is 0. The van der Waals surface area contributed by atoms with E-state index in [2.05, 4.69) is 15.3 Å². The van der Waals surface area contributed by atoms with E-state index in [-0.39, 0.29) is 5.56 Å². The lowest BCUT2D eigenvalue weighted by atomic mass is 10.1. The molecule has 1 aromatic carbocycles. The Morgan fingerprint density at radius 2 is 2.11 bits per heavy atom. The first-order valence-corrected chi connectivity index (χ1v) is 5.51. The number of nitrogens with one attached hydrogen (secondary N) is 1. The van der Waals surface area contributed by atoms with Crippen LogP contribution in [0.1, 0.15) is 12.5 Å². The minimum Gasteiger partial charge on any atom is -0.369 e. The Morgan fingerprint density at radius 1 is 1.33 bits per heavy atom. The van der Waals surface area contributed by atoms with Crippen molar-refractivity contribution < 1.29 is 4.39 Å². The van der Waals surface area contributed by atoms with Crippen molar-refractivity contribution in [1.82, 2.24) is 9.97 Å². The van der Waals surface area contributed by atoms with E-state index in [1.807, 2.05) is 13.0 Å². The van der Waals surface area contributed by atoms with Gasteiger partial charge in [-0.2, -0.15) is 5.26 Å². The molecule has 0 aliphatic heterocycles. The van der Waals surface area contributed by atoms with Crippen molar-refractivity contribution in [3.05, 3.63) is 42.0 Å². The third-order valence-corrected chi connectivity index (χ3v) is 2.40. The van der Waals surface area contributed by atoms with E-state index in [0.29, 0.717) is 23.6 Å². The van der Waals surface area contributed by atoms with Crippen LogP contribution in [0.15, 0.2) is 30.6 Å². The minimum atomic E-state index is -0.532. The molecule has 0 spiro atoms. The fraction of sp³-hybridized carbons (Fsp3) is 0.154. The first kappa shape index (κ1) is 12.0. The second-order valence-corrected chi connectivity index (χ2v) is 3.59. The van der Waals surface area contributed by atoms with Gasteiger partial charge in [-0.3, -0.25) is 4.98 Å². The summed E-state index contributed by atoms with van der Waals surface area (Å²) in [6, 6.07) is 6.13. The lowest BCUT2D eigenvalue weighted by molar-refractivity contribution is 0.624. The number of hydrogen-bond acceptors (Lipinski definition) is 4. The molecule has 0 aliphatic rings. The summed E-state index contributed by atoms with van der Waals surface area (Å²) in [5.74, 6) is 0.0886. The lowest BCUT2D eigenvalue weighted by Gasteiger charge is -2.08. The average molecular weight is 242 g/mol. The fourth-order valence-corrected chi connectivity index (χ4v) is 1.60. The molecule has 5 heteroatoms. The first-order chi connectivity index (χ1) is 8.76. The van der Waals surface area contributed by atoms with Crippen LogP contribution >= 0.6 is 0 Å². The highest BCUT2D eigenvalue weighted by atomic mass is 19.1. The Kier molecular flexibility index (Phi) is 3.49. The molecular formula is C13H11FN4. The highest BCUT2D eigenvalue weighted by Gasteiger charge is 2.10. The second kappa shape index (κ2) is 5.23. The molecule has 0 unspecified atom stereocenters. The molecule has 4 nitrogen and oxygen atoms in total. The van der Waals surface area contributed by atoms with Gasteiger partial charge in [-0.15, -0.1) is 0 Å². The van der Waals surface area contributed by atoms with Crippen LogP contribution in [-0.2, 0) is 0 Å². The van der Waals surface area contributed by atoms with Gasteiger partial charge in [-0.1, -0.05) is 0 Å². The van der Waals surface area contributed by atoms with Crippen LogP contribution in [0.5, 0.6) is 0 Å². The maximum Gasteiger partial charge on any atom is 0.152 e. The van der Waals surface area contributed by atoms with E-state index in [0.717, 1.165) is 0 Å². The molecule has 0 bridgehead atoms. The van der Waals surface area contributed by atoms with E-state index < -0.39 is 5.82 Å². The van der Waals surface area contributed by atoms with E-state index in [4.69, 9.17) is 5.26 Å². The van der Waals surface area contributed by atoms with Crippen LogP contribution in [0.4, 0.5) is 10.2 Å². The molecule has 0 saturated heterocycles. The molecule has 0 radical (unpaired) electrons. The Bertz CT molecular complexity index is 604. The van der Waals surface area contributed by atoms with E-state index in [1.165, 1.54) is 12.1 Å². The van der Waals surface area contributed by atoms with Crippen molar-refractivity contribution in [1.29, 1.82) is 5.26 Å². The van der Waals surface area contributed by atoms with Gasteiger partial charge in [0.05, 0.1) is 5.56 Å². The topological polar surface area (TPSA) is 61.6 Å². The van der Waals surface area contributed by atoms with Gasteiger partial charge in [0.1, 0.15) is 17.6 Å². The molecule has 2 rings (SSSR count). The molecule has 18 heavy (non-hydrogen) atoms. The number of aromatic nitrogens is 2. The molecule has 1 heterocycles. The van der Waals surface area contributed by atoms with Gasteiger partial charge in [0.15, 0.2) is 5.82 Å². The Labute approximate surface area is 104 Å². The van der Waals surface area contributed by atoms with Crippen molar-refractivity contribution in [2.75, 3.05) is 11.9 Å². The molecule has 0 atom stereocenters. The summed E-state index contributed by atoms with van der Waals surface area (Å²) in [5.41, 5.74) is 1.27. The van der Waals surface area contributed by atoms with E-state index in [1.54, 1.807) is 18.5 Å². The predicted octanol–water partition coefficient (Wildman–Crippen LogP) is 2.59. The Morgan fingerprint density at radius 3 is 2.83 bits per heavy atom. The van der Waals surface area contributed by atoms with Gasteiger partial charge in [0.2, 0.25) is 0 Å². The number of anilines is 1. The van der Waals surface area contributed by atoms with Gasteiger partial charge < -0.3 is 5.32 Å². The largest absolute Gasteiger partial charge is 0.369 e. The van der Waals surface area contributed by atoms with Crippen LogP contribution in [0.25, 0.3) is 11.3 Å². The van der Waals surface area contributed by atoms with Crippen LogP contribution in [0, 0.1) is 17.1 Å². The van der Waals surface area contributed by atoms with Gasteiger partial charge in [0.25, 0.3) is 0 Å². The number of nitriles is 1. The molecule has 1 N–H and O–H groups in total. The first-order valence-electron chi connectivity index (χ1n) is 5.51. The molecule has 1 aromatic heterocycles. The van der Waals surface area contributed by atoms with Crippen LogP contribution in [0.2, 0.25) is 0 Å². The van der Waals surface area contributed by atoms with Crippen molar-refractivity contribution in [3.8, 4) is 17.3 Å². The Balaban J connectivity index is 2.52. The summed E-state index contributed by atoms with van der Waals surface area (Å²) in [6.45, 7) is 2.65. The molecule has 2 aromatic rings. The third kappa shape index (κ3) is 2.28. The summed E-state index contributed by atoms with van der Waals surface area (Å²) < 4.78 is 13.3. The summed E-state index contributed by atoms with van der Waals surface area (Å²) in [7, 11) is 0. The van der Waals surface area contributed by atoms with Gasteiger partial charge in [-0.25, -0.2) is 9.37 Å². The maximum absolute atomic E-state index is 13.3. The van der Waals surface area contributed by atoms with Gasteiger partial charge >= 0.3 is 0 Å². The summed E-state index contributed by atoms with van der Waals surface area (Å²) in [4.78, 5) is 8.39. The molecule has 0 amide bonds. The average Bonchev–Trinajstić information content (AvgIpc) is 2.40. The van der Waals surface area contributed by atoms with Crippen molar-refractivity contribution in [2.45, 2.75) is 6.92 Å². The molecule has 0 aliphatic carbocycles. The summed E-state index contributed by atoms with van der Waals surface area (Å²) in [6.07, 6.45) is 3.14. The van der Waals surface area contributed by atoms with Crippen molar-refractivity contribution >= 4 is 5.82 Å². The molecule has 0 fully saturated rings. The number of benzene rings is 1. The van der Waals surface area contributed by atoms with Crippen LogP contribution in [-0.4, -0.2) is 16.5 Å². The zero-order valence-electron chi connectivity index (χ0n) is 9.81. The van der Waals surface area contributed by atoms with E-state index >= 15 is 0 Å². The fourth-order valence-electron chi connectivity index (χ4n) is 1.60. The zero-order chi connectivity index (χ0) is 13.0. The second-order valence-electron chi connectivity index (χ2n) is 3.59. The van der Waals surface area contributed by atoms with Crippen molar-refractivity contribution in [3.63, 3.8) is 0 Å². The normalized spacial score (nSPS) is 9.83. The number of hydrogen-bond donors (Lipinski definition) is 1. The highest BCUT2D eigenvalue weighted by molar-refractivity contribution is 5.72. The van der Waals surface area contributed by atoms with Crippen LogP contribution < -0.4 is 5.32 Å². The molecule has 0 saturated carbocycles. The van der Waals surface area contributed by atoms with Gasteiger partial charge in [0, 0.05) is 24.5 Å². The van der Waals surface area contributed by atoms with Crippen molar-refractivity contribution in [2.24, 2.45) is 0 Å². The summed E-state index contributed by atoms with van der Waals surface area (Å²) in [5, 5.41) is 11.9. The monoisotopic (exact) mass is 242 g/mol. The maximum atomic E-state index is 13.3. The predicted molar refractivity (Wildman–Crippen MR) is 66.3 cm³/mol. The smallest absolute Gasteiger partial charge is 0.152 e. The third-order valence-electron chi connectivity index (χ3n) is 2.40. The zero-order valence-corrected chi connectivity index (χ0v) is 9.81.